The van der Waals surface area contributed by atoms with Crippen molar-refractivity contribution < 1.29 is 18.3 Å². The quantitative estimate of drug-likeness (QED) is 0.851. The first-order valence-electron chi connectivity index (χ1n) is 6.45. The molecule has 0 aromatic carbocycles. The van der Waals surface area contributed by atoms with E-state index in [0.717, 1.165) is 25.0 Å². The highest BCUT2D eigenvalue weighted by Crippen LogP contribution is 2.34. The summed E-state index contributed by atoms with van der Waals surface area (Å²) in [6, 6.07) is 1.85. The standard InChI is InChI=1S/C13H16ClF3N2O/c1-8(20)9-2-4-19(5-3-9)12-7-10(13(15,16)17)6-11(14)18-12/h6-9,20H,2-5H2,1H3. The molecule has 1 aliphatic rings. The molecule has 1 unspecified atom stereocenters. The second-order valence-electron chi connectivity index (χ2n) is 5.10. The average Bonchev–Trinajstić information content (AvgIpc) is 2.37. The molecule has 2 rings (SSSR count). The Hall–Kier alpha value is -1.01. The van der Waals surface area contributed by atoms with E-state index in [1.807, 2.05) is 0 Å². The van der Waals surface area contributed by atoms with Gasteiger partial charge in [0.25, 0.3) is 0 Å². The highest BCUT2D eigenvalue weighted by atomic mass is 35.5. The lowest BCUT2D eigenvalue weighted by molar-refractivity contribution is -0.137. The number of aliphatic hydroxyl groups excluding tert-OH is 1. The number of aromatic nitrogens is 1. The minimum absolute atomic E-state index is 0.160. The molecule has 1 saturated heterocycles. The van der Waals surface area contributed by atoms with Gasteiger partial charge in [0.15, 0.2) is 0 Å². The van der Waals surface area contributed by atoms with Crippen LogP contribution in [0.3, 0.4) is 0 Å². The maximum atomic E-state index is 12.7. The molecule has 112 valence electrons. The topological polar surface area (TPSA) is 36.4 Å². The molecule has 7 heteroatoms. The van der Waals surface area contributed by atoms with E-state index in [-0.39, 0.29) is 16.9 Å². The zero-order chi connectivity index (χ0) is 14.9. The van der Waals surface area contributed by atoms with Gasteiger partial charge < -0.3 is 10.0 Å². The van der Waals surface area contributed by atoms with Crippen molar-refractivity contribution in [2.45, 2.75) is 32.0 Å². The van der Waals surface area contributed by atoms with Gasteiger partial charge in [0.2, 0.25) is 0 Å². The van der Waals surface area contributed by atoms with Gasteiger partial charge in [0.1, 0.15) is 11.0 Å². The zero-order valence-corrected chi connectivity index (χ0v) is 11.7. The summed E-state index contributed by atoms with van der Waals surface area (Å²) in [6.07, 6.45) is -3.37. The van der Waals surface area contributed by atoms with Crippen LogP contribution < -0.4 is 4.90 Å². The van der Waals surface area contributed by atoms with E-state index < -0.39 is 17.8 Å². The number of piperidine rings is 1. The lowest BCUT2D eigenvalue weighted by Crippen LogP contribution is -2.37. The number of alkyl halides is 3. The van der Waals surface area contributed by atoms with Gasteiger partial charge in [-0.15, -0.1) is 0 Å². The van der Waals surface area contributed by atoms with E-state index in [0.29, 0.717) is 13.1 Å². The predicted molar refractivity (Wildman–Crippen MR) is 70.9 cm³/mol. The van der Waals surface area contributed by atoms with Crippen molar-refractivity contribution in [3.05, 3.63) is 22.8 Å². The minimum atomic E-state index is -4.43. The van der Waals surface area contributed by atoms with E-state index in [2.05, 4.69) is 4.98 Å². The second kappa shape index (κ2) is 5.77. The molecule has 1 aromatic heterocycles. The Balaban J connectivity index is 2.16. The Labute approximate surface area is 120 Å². The van der Waals surface area contributed by atoms with Crippen LogP contribution >= 0.6 is 11.6 Å². The van der Waals surface area contributed by atoms with Gasteiger partial charge in [-0.2, -0.15) is 13.2 Å². The number of nitrogens with zero attached hydrogens (tertiary/aromatic N) is 2. The lowest BCUT2D eigenvalue weighted by atomic mass is 9.92. The SMILES string of the molecule is CC(O)C1CCN(c2cc(C(F)(F)F)cc(Cl)n2)CC1. The molecule has 1 aliphatic heterocycles. The molecule has 20 heavy (non-hydrogen) atoms. The predicted octanol–water partition coefficient (Wildman–Crippen LogP) is 3.35. The van der Waals surface area contributed by atoms with Gasteiger partial charge in [-0.25, -0.2) is 4.98 Å². The van der Waals surface area contributed by atoms with Crippen molar-refractivity contribution in [2.75, 3.05) is 18.0 Å². The van der Waals surface area contributed by atoms with Gasteiger partial charge >= 0.3 is 6.18 Å². The van der Waals surface area contributed by atoms with Crippen LogP contribution in [-0.2, 0) is 6.18 Å². The lowest BCUT2D eigenvalue weighted by Gasteiger charge is -2.34. The van der Waals surface area contributed by atoms with Crippen molar-refractivity contribution in [2.24, 2.45) is 5.92 Å². The Bertz CT molecular complexity index is 471. The number of aliphatic hydroxyl groups is 1. The van der Waals surface area contributed by atoms with Crippen molar-refractivity contribution in [1.82, 2.24) is 4.98 Å². The van der Waals surface area contributed by atoms with Crippen LogP contribution in [0.25, 0.3) is 0 Å². The van der Waals surface area contributed by atoms with Crippen molar-refractivity contribution in [1.29, 1.82) is 0 Å². The molecule has 0 spiro atoms. The number of hydrogen-bond acceptors (Lipinski definition) is 3. The summed E-state index contributed by atoms with van der Waals surface area (Å²) in [7, 11) is 0. The van der Waals surface area contributed by atoms with Gasteiger partial charge in [-0.3, -0.25) is 0 Å². The summed E-state index contributed by atoms with van der Waals surface area (Å²) in [5.74, 6) is 0.432. The van der Waals surface area contributed by atoms with E-state index in [1.165, 1.54) is 0 Å². The number of hydrogen-bond donors (Lipinski definition) is 1. The fourth-order valence-electron chi connectivity index (χ4n) is 2.42. The number of rotatable bonds is 2. The number of pyridine rings is 1. The van der Waals surface area contributed by atoms with Gasteiger partial charge in [-0.1, -0.05) is 11.6 Å². The van der Waals surface area contributed by atoms with Crippen LogP contribution in [0.2, 0.25) is 5.15 Å². The smallest absolute Gasteiger partial charge is 0.393 e. The van der Waals surface area contributed by atoms with Crippen LogP contribution in [0.4, 0.5) is 19.0 Å². The summed E-state index contributed by atoms with van der Waals surface area (Å²) < 4.78 is 38.2. The van der Waals surface area contributed by atoms with Gasteiger partial charge in [0.05, 0.1) is 11.7 Å². The van der Waals surface area contributed by atoms with E-state index >= 15 is 0 Å². The Morgan fingerprint density at radius 1 is 1.35 bits per heavy atom. The summed E-state index contributed by atoms with van der Waals surface area (Å²) in [5, 5.41) is 9.37. The Morgan fingerprint density at radius 3 is 2.45 bits per heavy atom. The van der Waals surface area contributed by atoms with Crippen LogP contribution in [0, 0.1) is 5.92 Å². The molecule has 0 saturated carbocycles. The molecule has 0 amide bonds. The fraction of sp³-hybridized carbons (Fsp3) is 0.615. The molecule has 0 bridgehead atoms. The molecule has 2 heterocycles. The van der Waals surface area contributed by atoms with Crippen LogP contribution in [0.5, 0.6) is 0 Å². The molecule has 1 aromatic rings. The van der Waals surface area contributed by atoms with Crippen LogP contribution in [0.1, 0.15) is 25.3 Å². The highest BCUT2D eigenvalue weighted by molar-refractivity contribution is 6.29. The molecular weight excluding hydrogens is 293 g/mol. The summed E-state index contributed by atoms with van der Waals surface area (Å²) in [6.45, 7) is 2.88. The van der Waals surface area contributed by atoms with Crippen LogP contribution in [0.15, 0.2) is 12.1 Å². The van der Waals surface area contributed by atoms with Crippen molar-refractivity contribution >= 4 is 17.4 Å². The Morgan fingerprint density at radius 2 is 1.95 bits per heavy atom. The normalized spacial score (nSPS) is 19.2. The number of halogens is 4. The monoisotopic (exact) mass is 308 g/mol. The van der Waals surface area contributed by atoms with Gasteiger partial charge in [0, 0.05) is 13.1 Å². The molecule has 0 radical (unpaired) electrons. The first kappa shape index (κ1) is 15.4. The number of anilines is 1. The molecule has 1 fully saturated rings. The van der Waals surface area contributed by atoms with Crippen molar-refractivity contribution in [3.63, 3.8) is 0 Å². The average molecular weight is 309 g/mol. The third-order valence-electron chi connectivity index (χ3n) is 3.65. The molecular formula is C13H16ClF3N2O. The van der Waals surface area contributed by atoms with Crippen molar-refractivity contribution in [3.8, 4) is 0 Å². The van der Waals surface area contributed by atoms with Crippen LogP contribution in [-0.4, -0.2) is 29.3 Å². The maximum Gasteiger partial charge on any atom is 0.416 e. The molecule has 1 atom stereocenters. The molecule has 1 N–H and O–H groups in total. The Kier molecular flexibility index (Phi) is 4.44. The minimum Gasteiger partial charge on any atom is -0.393 e. The third kappa shape index (κ3) is 3.55. The van der Waals surface area contributed by atoms with Gasteiger partial charge in [-0.05, 0) is 37.8 Å². The second-order valence-corrected chi connectivity index (χ2v) is 5.49. The summed E-state index contributed by atoms with van der Waals surface area (Å²) in [5.41, 5.74) is -0.787. The zero-order valence-electron chi connectivity index (χ0n) is 11.0. The fourth-order valence-corrected chi connectivity index (χ4v) is 2.62. The molecule has 0 aliphatic carbocycles. The maximum absolute atomic E-state index is 12.7. The van der Waals surface area contributed by atoms with E-state index in [4.69, 9.17) is 11.6 Å². The van der Waals surface area contributed by atoms with E-state index in [1.54, 1.807) is 11.8 Å². The first-order valence-corrected chi connectivity index (χ1v) is 6.83. The largest absolute Gasteiger partial charge is 0.416 e. The summed E-state index contributed by atoms with van der Waals surface area (Å²) in [4.78, 5) is 5.75. The summed E-state index contributed by atoms with van der Waals surface area (Å²) >= 11 is 5.68. The molecule has 3 nitrogen and oxygen atoms in total. The first-order chi connectivity index (χ1) is 9.27. The van der Waals surface area contributed by atoms with E-state index in [9.17, 15) is 18.3 Å². The highest BCUT2D eigenvalue weighted by Gasteiger charge is 2.32. The third-order valence-corrected chi connectivity index (χ3v) is 3.85.